The minimum atomic E-state index is -3.29. The molecule has 4 aromatic rings. The zero-order valence-corrected chi connectivity index (χ0v) is 22.2. The molecular weight excluding hydrogens is 498 g/mol. The van der Waals surface area contributed by atoms with Crippen LogP contribution in [0.3, 0.4) is 0 Å². The smallest absolute Gasteiger partial charge is 0.257 e. The molecule has 7 nitrogen and oxygen atoms in total. The van der Waals surface area contributed by atoms with Crippen LogP contribution >= 0.6 is 0 Å². The third kappa shape index (κ3) is 5.17. The van der Waals surface area contributed by atoms with Crippen molar-refractivity contribution in [2.24, 2.45) is 0 Å². The highest BCUT2D eigenvalue weighted by Gasteiger charge is 2.28. The number of aryl methyl sites for hydroxylation is 1. The average Bonchev–Trinajstić information content (AvgIpc) is 2.91. The average molecular weight is 528 g/mol. The molecule has 1 aliphatic rings. The lowest BCUT2D eigenvalue weighted by atomic mass is 9.97. The van der Waals surface area contributed by atoms with Crippen LogP contribution in [0.15, 0.2) is 94.6 Å². The molecule has 0 radical (unpaired) electrons. The minimum absolute atomic E-state index is 0.0753. The molecule has 0 saturated heterocycles. The van der Waals surface area contributed by atoms with Gasteiger partial charge in [-0.15, -0.1) is 0 Å². The van der Waals surface area contributed by atoms with Gasteiger partial charge < -0.3 is 4.90 Å². The first kappa shape index (κ1) is 25.6. The van der Waals surface area contributed by atoms with Crippen molar-refractivity contribution in [3.8, 4) is 0 Å². The maximum Gasteiger partial charge on any atom is 0.257 e. The van der Waals surface area contributed by atoms with Crippen LogP contribution in [0.2, 0.25) is 0 Å². The van der Waals surface area contributed by atoms with Gasteiger partial charge in [0.1, 0.15) is 5.82 Å². The second-order valence-electron chi connectivity index (χ2n) is 9.64. The van der Waals surface area contributed by atoms with Gasteiger partial charge in [0.2, 0.25) is 5.91 Å². The minimum Gasteiger partial charge on any atom is -0.336 e. The van der Waals surface area contributed by atoms with Crippen molar-refractivity contribution >= 4 is 15.7 Å². The quantitative estimate of drug-likeness (QED) is 0.381. The van der Waals surface area contributed by atoms with E-state index < -0.39 is 9.84 Å². The van der Waals surface area contributed by atoms with Crippen LogP contribution in [0.4, 0.5) is 0 Å². The highest BCUT2D eigenvalue weighted by Crippen LogP contribution is 2.27. The lowest BCUT2D eigenvalue weighted by molar-refractivity contribution is -0.131. The Morgan fingerprint density at radius 2 is 1.50 bits per heavy atom. The Morgan fingerprint density at radius 3 is 2.05 bits per heavy atom. The van der Waals surface area contributed by atoms with E-state index in [4.69, 9.17) is 4.98 Å². The maximum atomic E-state index is 13.9. The molecule has 38 heavy (non-hydrogen) atoms. The normalized spacial score (nSPS) is 13.4. The van der Waals surface area contributed by atoms with Gasteiger partial charge in [0.05, 0.1) is 29.6 Å². The SMILES string of the molecule is Cc1nc2c(c(=O)n1C(c1ccccc1)c1ccccc1)CCN(C(=O)Cc1ccc(S(C)(=O)=O)cc1)C2. The van der Waals surface area contributed by atoms with E-state index in [1.165, 1.54) is 12.1 Å². The van der Waals surface area contributed by atoms with Crippen molar-refractivity contribution in [1.29, 1.82) is 0 Å². The summed E-state index contributed by atoms with van der Waals surface area (Å²) >= 11 is 0. The van der Waals surface area contributed by atoms with Gasteiger partial charge in [-0.25, -0.2) is 13.4 Å². The number of sulfone groups is 1. The maximum absolute atomic E-state index is 13.9. The second-order valence-corrected chi connectivity index (χ2v) is 11.7. The first-order valence-electron chi connectivity index (χ1n) is 12.5. The van der Waals surface area contributed by atoms with Crippen molar-refractivity contribution in [1.82, 2.24) is 14.5 Å². The third-order valence-corrected chi connectivity index (χ3v) is 8.12. The van der Waals surface area contributed by atoms with E-state index in [2.05, 4.69) is 0 Å². The molecule has 3 aromatic carbocycles. The van der Waals surface area contributed by atoms with E-state index in [1.807, 2.05) is 67.6 Å². The summed E-state index contributed by atoms with van der Waals surface area (Å²) in [7, 11) is -3.29. The van der Waals surface area contributed by atoms with Gasteiger partial charge in [-0.05, 0) is 42.2 Å². The fraction of sp³-hybridized carbons (Fsp3) is 0.233. The summed E-state index contributed by atoms with van der Waals surface area (Å²) in [4.78, 5) is 33.7. The molecule has 0 atom stereocenters. The van der Waals surface area contributed by atoms with Crippen molar-refractivity contribution in [2.75, 3.05) is 12.8 Å². The van der Waals surface area contributed by atoms with E-state index in [-0.39, 0.29) is 35.4 Å². The van der Waals surface area contributed by atoms with Crippen LogP contribution in [0.1, 0.15) is 39.8 Å². The number of benzene rings is 3. The molecule has 1 amide bonds. The summed E-state index contributed by atoms with van der Waals surface area (Å²) in [5.41, 5.74) is 3.94. The zero-order chi connectivity index (χ0) is 26.9. The monoisotopic (exact) mass is 527 g/mol. The van der Waals surface area contributed by atoms with Gasteiger partial charge in [0.15, 0.2) is 9.84 Å². The van der Waals surface area contributed by atoms with Crippen LogP contribution in [0, 0.1) is 6.92 Å². The van der Waals surface area contributed by atoms with E-state index in [1.54, 1.807) is 21.6 Å². The molecule has 2 heterocycles. The molecule has 0 unspecified atom stereocenters. The Bertz CT molecular complexity index is 1590. The standard InChI is InChI=1S/C30H29N3O4S/c1-21-31-27-20-32(28(34)19-22-13-15-25(16-14-22)38(2,36)37)18-17-26(27)30(35)33(21)29(23-9-5-3-6-10-23)24-11-7-4-8-12-24/h3-16,29H,17-20H2,1-2H3. The lowest BCUT2D eigenvalue weighted by Crippen LogP contribution is -2.42. The van der Waals surface area contributed by atoms with Crippen molar-refractivity contribution in [3.05, 3.63) is 129 Å². The molecule has 1 aromatic heterocycles. The Morgan fingerprint density at radius 1 is 0.921 bits per heavy atom. The summed E-state index contributed by atoms with van der Waals surface area (Å²) in [6, 6.07) is 25.9. The van der Waals surface area contributed by atoms with E-state index >= 15 is 0 Å². The predicted molar refractivity (Wildman–Crippen MR) is 146 cm³/mol. The number of carbonyl (C=O) groups is 1. The van der Waals surface area contributed by atoms with Crippen LogP contribution in [-0.4, -0.2) is 41.6 Å². The first-order valence-corrected chi connectivity index (χ1v) is 14.4. The molecule has 0 bridgehead atoms. The summed E-state index contributed by atoms with van der Waals surface area (Å²) < 4.78 is 25.2. The number of nitrogens with zero attached hydrogens (tertiary/aromatic N) is 3. The molecular formula is C30H29N3O4S. The fourth-order valence-corrected chi connectivity index (χ4v) is 5.67. The van der Waals surface area contributed by atoms with Gasteiger partial charge in [-0.3, -0.25) is 14.2 Å². The number of amides is 1. The lowest BCUT2D eigenvalue weighted by Gasteiger charge is -2.30. The number of fused-ring (bicyclic) bond motifs is 1. The number of rotatable bonds is 6. The number of aromatic nitrogens is 2. The Balaban J connectivity index is 1.43. The van der Waals surface area contributed by atoms with Gasteiger partial charge in [0.25, 0.3) is 5.56 Å². The number of hydrogen-bond donors (Lipinski definition) is 0. The summed E-state index contributed by atoms with van der Waals surface area (Å²) in [5, 5.41) is 0. The van der Waals surface area contributed by atoms with Crippen LogP contribution in [-0.2, 0) is 34.0 Å². The predicted octanol–water partition coefficient (Wildman–Crippen LogP) is 3.72. The van der Waals surface area contributed by atoms with Crippen molar-refractivity contribution in [3.63, 3.8) is 0 Å². The molecule has 0 spiro atoms. The summed E-state index contributed by atoms with van der Waals surface area (Å²) in [6.07, 6.45) is 1.74. The van der Waals surface area contributed by atoms with E-state index in [0.717, 1.165) is 22.9 Å². The largest absolute Gasteiger partial charge is 0.336 e. The molecule has 8 heteroatoms. The van der Waals surface area contributed by atoms with Crippen LogP contribution in [0.5, 0.6) is 0 Å². The Kier molecular flexibility index (Phi) is 6.99. The molecule has 0 N–H and O–H groups in total. The Labute approximate surface area is 222 Å². The van der Waals surface area contributed by atoms with Crippen molar-refractivity contribution < 1.29 is 13.2 Å². The van der Waals surface area contributed by atoms with E-state index in [0.29, 0.717) is 30.0 Å². The summed E-state index contributed by atoms with van der Waals surface area (Å²) in [6.45, 7) is 2.53. The molecule has 0 saturated carbocycles. The molecule has 194 valence electrons. The van der Waals surface area contributed by atoms with Crippen molar-refractivity contribution in [2.45, 2.75) is 37.2 Å². The molecule has 5 rings (SSSR count). The second kappa shape index (κ2) is 10.4. The highest BCUT2D eigenvalue weighted by molar-refractivity contribution is 7.90. The van der Waals surface area contributed by atoms with E-state index in [9.17, 15) is 18.0 Å². The zero-order valence-electron chi connectivity index (χ0n) is 21.4. The first-order chi connectivity index (χ1) is 18.2. The highest BCUT2D eigenvalue weighted by atomic mass is 32.2. The van der Waals surface area contributed by atoms with Gasteiger partial charge >= 0.3 is 0 Å². The third-order valence-electron chi connectivity index (χ3n) is 6.99. The van der Waals surface area contributed by atoms with Crippen LogP contribution in [0.25, 0.3) is 0 Å². The molecule has 1 aliphatic heterocycles. The molecule has 0 aliphatic carbocycles. The van der Waals surface area contributed by atoms with Gasteiger partial charge in [-0.1, -0.05) is 72.8 Å². The Hall–Kier alpha value is -4.04. The van der Waals surface area contributed by atoms with Gasteiger partial charge in [-0.2, -0.15) is 0 Å². The fourth-order valence-electron chi connectivity index (χ4n) is 5.04. The summed E-state index contributed by atoms with van der Waals surface area (Å²) in [5.74, 6) is 0.509. The molecule has 0 fully saturated rings. The topological polar surface area (TPSA) is 89.3 Å². The van der Waals surface area contributed by atoms with Crippen LogP contribution < -0.4 is 5.56 Å². The number of carbonyl (C=O) groups excluding carboxylic acids is 1. The van der Waals surface area contributed by atoms with Gasteiger partial charge in [0, 0.05) is 18.4 Å². The number of hydrogen-bond acceptors (Lipinski definition) is 5.